The van der Waals surface area contributed by atoms with Gasteiger partial charge in [-0.2, -0.15) is 0 Å². The Hall–Kier alpha value is -3.28. The highest BCUT2D eigenvalue weighted by Gasteiger charge is 2.20. The summed E-state index contributed by atoms with van der Waals surface area (Å²) in [4.78, 5) is 28.8. The largest absolute Gasteiger partial charge is 0.346 e. The maximum atomic E-state index is 13.5. The van der Waals surface area contributed by atoms with Gasteiger partial charge in [-0.3, -0.25) is 18.7 Å². The van der Waals surface area contributed by atoms with Gasteiger partial charge in [-0.15, -0.1) is 11.3 Å². The van der Waals surface area contributed by atoms with Crippen molar-refractivity contribution in [1.82, 2.24) is 19.4 Å². The highest BCUT2D eigenvalue weighted by atomic mass is 35.5. The maximum absolute atomic E-state index is 13.5. The number of thiophene rings is 1. The average molecular weight is 507 g/mol. The molecule has 0 saturated carbocycles. The summed E-state index contributed by atoms with van der Waals surface area (Å²) in [5.74, 6) is -0.920. The second-order valence-electron chi connectivity index (χ2n) is 7.02. The van der Waals surface area contributed by atoms with Gasteiger partial charge in [-0.25, -0.2) is 17.8 Å². The van der Waals surface area contributed by atoms with Crippen molar-refractivity contribution in [1.29, 1.82) is 0 Å². The monoisotopic (exact) mass is 506 g/mol. The third-order valence-electron chi connectivity index (χ3n) is 4.56. The summed E-state index contributed by atoms with van der Waals surface area (Å²) in [6.45, 7) is 0.000637. The molecule has 0 radical (unpaired) electrons. The predicted molar refractivity (Wildman–Crippen MR) is 123 cm³/mol. The maximum Gasteiger partial charge on any atom is 0.261 e. The van der Waals surface area contributed by atoms with E-state index in [4.69, 9.17) is 11.6 Å². The van der Waals surface area contributed by atoms with Crippen molar-refractivity contribution < 1.29 is 17.6 Å². The number of carbonyl (C=O) groups excluding carboxylic acids is 1. The van der Waals surface area contributed by atoms with Gasteiger partial charge in [0.1, 0.15) is 5.82 Å². The van der Waals surface area contributed by atoms with Gasteiger partial charge in [-0.05, 0) is 42.5 Å². The molecule has 170 valence electrons. The molecule has 8 nitrogen and oxygen atoms in total. The predicted octanol–water partition coefficient (Wildman–Crippen LogP) is 3.21. The van der Waals surface area contributed by atoms with Crippen LogP contribution in [0.3, 0.4) is 0 Å². The summed E-state index contributed by atoms with van der Waals surface area (Å²) in [5, 5.41) is 2.48. The first-order valence-electron chi connectivity index (χ1n) is 9.43. The highest BCUT2D eigenvalue weighted by molar-refractivity contribution is 7.90. The fourth-order valence-electron chi connectivity index (χ4n) is 3.07. The number of carbonyl (C=O) groups is 1. The quantitative estimate of drug-likeness (QED) is 0.432. The summed E-state index contributed by atoms with van der Waals surface area (Å²) in [6.07, 6.45) is 3.60. The van der Waals surface area contributed by atoms with Gasteiger partial charge >= 0.3 is 0 Å². The fourth-order valence-corrected chi connectivity index (χ4v) is 4.83. The van der Waals surface area contributed by atoms with Crippen molar-refractivity contribution >= 4 is 38.7 Å². The summed E-state index contributed by atoms with van der Waals surface area (Å²) < 4.78 is 41.1. The molecule has 0 saturated heterocycles. The van der Waals surface area contributed by atoms with Crippen LogP contribution < -0.4 is 10.9 Å². The lowest BCUT2D eigenvalue weighted by Gasteiger charge is -2.09. The van der Waals surface area contributed by atoms with Crippen molar-refractivity contribution in [2.45, 2.75) is 11.7 Å². The zero-order valence-corrected chi connectivity index (χ0v) is 19.4. The standard InChI is InChI=1S/C21H16ClFN4O4S2/c1-33(30,31)21-25-14(10-24-20(29)17-7-8-18(22)32-17)12-27(21)16-5-3-15(4-6-16)26-11-13(23)2-9-19(26)28/h2-9,11-12H,10H2,1H3,(H,24,29). The lowest BCUT2D eigenvalue weighted by atomic mass is 10.2. The fraction of sp³-hybridized carbons (Fsp3) is 0.0952. The van der Waals surface area contributed by atoms with Crippen LogP contribution in [-0.4, -0.2) is 34.7 Å². The van der Waals surface area contributed by atoms with Crippen molar-refractivity contribution in [3.05, 3.63) is 92.0 Å². The van der Waals surface area contributed by atoms with Crippen molar-refractivity contribution in [3.63, 3.8) is 0 Å². The van der Waals surface area contributed by atoms with E-state index in [1.807, 2.05) is 0 Å². The number of imidazole rings is 1. The molecule has 1 amide bonds. The van der Waals surface area contributed by atoms with E-state index in [0.29, 0.717) is 26.3 Å². The Balaban J connectivity index is 1.63. The number of hydrogen-bond donors (Lipinski definition) is 1. The first-order valence-corrected chi connectivity index (χ1v) is 12.5. The number of aromatic nitrogens is 3. The average Bonchev–Trinajstić information content (AvgIpc) is 3.40. The minimum atomic E-state index is -3.70. The van der Waals surface area contributed by atoms with Gasteiger partial charge in [0.2, 0.25) is 15.0 Å². The number of sulfone groups is 1. The summed E-state index contributed by atoms with van der Waals surface area (Å²) in [7, 11) is -3.70. The Bertz CT molecular complexity index is 1510. The number of nitrogens with one attached hydrogen (secondary N) is 1. The van der Waals surface area contributed by atoms with E-state index in [0.717, 1.165) is 40.5 Å². The van der Waals surface area contributed by atoms with Crippen molar-refractivity contribution in [3.8, 4) is 11.4 Å². The Labute approximate surface area is 196 Å². The highest BCUT2D eigenvalue weighted by Crippen LogP contribution is 2.22. The van der Waals surface area contributed by atoms with Crippen LogP contribution in [0.1, 0.15) is 15.4 Å². The molecule has 1 aromatic carbocycles. The van der Waals surface area contributed by atoms with Crippen LogP contribution in [0.15, 0.2) is 70.9 Å². The van der Waals surface area contributed by atoms with Crippen LogP contribution in [0, 0.1) is 5.82 Å². The van der Waals surface area contributed by atoms with E-state index >= 15 is 0 Å². The molecule has 3 aromatic heterocycles. The second kappa shape index (κ2) is 8.93. The molecule has 0 bridgehead atoms. The van der Waals surface area contributed by atoms with Crippen LogP contribution in [0.2, 0.25) is 4.34 Å². The minimum absolute atomic E-state index is 0.000637. The van der Waals surface area contributed by atoms with Crippen LogP contribution in [0.25, 0.3) is 11.4 Å². The van der Waals surface area contributed by atoms with E-state index in [1.165, 1.54) is 10.8 Å². The van der Waals surface area contributed by atoms with Crippen LogP contribution in [0.4, 0.5) is 4.39 Å². The second-order valence-corrected chi connectivity index (χ2v) is 10.6. The number of amides is 1. The lowest BCUT2D eigenvalue weighted by Crippen LogP contribution is -2.22. The molecule has 3 heterocycles. The molecular weight excluding hydrogens is 491 g/mol. The summed E-state index contributed by atoms with van der Waals surface area (Å²) >= 11 is 6.98. The Morgan fingerprint density at radius 2 is 1.73 bits per heavy atom. The molecule has 0 atom stereocenters. The molecular formula is C21H16ClFN4O4S2. The smallest absolute Gasteiger partial charge is 0.261 e. The molecule has 0 unspecified atom stereocenters. The first-order chi connectivity index (χ1) is 15.6. The molecule has 0 aliphatic carbocycles. The molecule has 4 rings (SSSR count). The number of rotatable bonds is 6. The lowest BCUT2D eigenvalue weighted by molar-refractivity contribution is 0.0954. The number of benzene rings is 1. The van der Waals surface area contributed by atoms with Crippen molar-refractivity contribution in [2.24, 2.45) is 0 Å². The number of pyridine rings is 1. The minimum Gasteiger partial charge on any atom is -0.346 e. The normalized spacial score (nSPS) is 11.5. The van der Waals surface area contributed by atoms with Gasteiger partial charge in [0.25, 0.3) is 11.5 Å². The molecule has 0 spiro atoms. The number of nitrogens with zero attached hydrogens (tertiary/aromatic N) is 3. The molecule has 12 heteroatoms. The molecule has 33 heavy (non-hydrogen) atoms. The van der Waals surface area contributed by atoms with E-state index in [9.17, 15) is 22.4 Å². The topological polar surface area (TPSA) is 103 Å². The molecule has 0 aliphatic rings. The summed E-state index contributed by atoms with van der Waals surface area (Å²) in [6, 6.07) is 11.7. The van der Waals surface area contributed by atoms with E-state index in [2.05, 4.69) is 10.3 Å². The zero-order chi connectivity index (χ0) is 23.8. The Morgan fingerprint density at radius 3 is 2.33 bits per heavy atom. The number of hydrogen-bond acceptors (Lipinski definition) is 6. The van der Waals surface area contributed by atoms with Gasteiger partial charge in [0.05, 0.1) is 21.5 Å². The van der Waals surface area contributed by atoms with Gasteiger partial charge < -0.3 is 5.32 Å². The van der Waals surface area contributed by atoms with E-state index in [-0.39, 0.29) is 17.6 Å². The van der Waals surface area contributed by atoms with Gasteiger partial charge in [0.15, 0.2) is 0 Å². The molecule has 0 fully saturated rings. The molecule has 4 aromatic rings. The third-order valence-corrected chi connectivity index (χ3v) is 6.74. The van der Waals surface area contributed by atoms with Crippen LogP contribution in [0.5, 0.6) is 0 Å². The molecule has 1 N–H and O–H groups in total. The van der Waals surface area contributed by atoms with Gasteiger partial charge in [0, 0.05) is 36.1 Å². The third kappa shape index (κ3) is 5.05. The first kappa shape index (κ1) is 22.9. The van der Waals surface area contributed by atoms with Crippen LogP contribution in [-0.2, 0) is 16.4 Å². The Morgan fingerprint density at radius 1 is 1.06 bits per heavy atom. The van der Waals surface area contributed by atoms with Gasteiger partial charge in [-0.1, -0.05) is 11.6 Å². The zero-order valence-electron chi connectivity index (χ0n) is 17.0. The number of halogens is 2. The summed E-state index contributed by atoms with van der Waals surface area (Å²) in [5.41, 5.74) is 0.788. The SMILES string of the molecule is CS(=O)(=O)c1nc(CNC(=O)c2ccc(Cl)s2)cn1-c1ccc(-n2cc(F)ccc2=O)cc1. The van der Waals surface area contributed by atoms with E-state index < -0.39 is 21.2 Å². The molecule has 0 aliphatic heterocycles. The van der Waals surface area contributed by atoms with Crippen molar-refractivity contribution in [2.75, 3.05) is 6.26 Å². The van der Waals surface area contributed by atoms with E-state index in [1.54, 1.807) is 36.4 Å². The Kier molecular flexibility index (Phi) is 6.19. The van der Waals surface area contributed by atoms with Crippen LogP contribution >= 0.6 is 22.9 Å².